The third-order valence-electron chi connectivity index (χ3n) is 4.49. The van der Waals surface area contributed by atoms with Gasteiger partial charge < -0.3 is 0 Å². The van der Waals surface area contributed by atoms with E-state index in [0.29, 0.717) is 3.92 Å². The summed E-state index contributed by atoms with van der Waals surface area (Å²) in [6.45, 7) is 9.34. The Morgan fingerprint density at radius 2 is 2.11 bits per heavy atom. The normalized spacial score (nSPS) is 20.7. The third-order valence-corrected chi connectivity index (χ3v) is 7.37. The zero-order valence-electron chi connectivity index (χ0n) is 16.3. The maximum absolute atomic E-state index is 11.9. The SMILES string of the molecule is CC(C)(C)OC(=O)N[I-][C@@H]1CCN(Cc2cc(Cl)ccc2OCC2CC2)C1. The molecule has 0 aromatic heterocycles. The van der Waals surface area contributed by atoms with Gasteiger partial charge in [-0.25, -0.2) is 0 Å². The van der Waals surface area contributed by atoms with Gasteiger partial charge in [-0.2, -0.15) is 0 Å². The molecule has 7 heteroatoms. The summed E-state index contributed by atoms with van der Waals surface area (Å²) in [6, 6.07) is 5.91. The number of hydrogen-bond donors (Lipinski definition) is 1. The monoisotopic (exact) mass is 507 g/mol. The summed E-state index contributed by atoms with van der Waals surface area (Å²) in [5.41, 5.74) is 0.709. The minimum absolute atomic E-state index is 0.292. The van der Waals surface area contributed by atoms with Crippen LogP contribution in [-0.4, -0.2) is 40.2 Å². The van der Waals surface area contributed by atoms with Gasteiger partial charge in [0.15, 0.2) is 0 Å². The summed E-state index contributed by atoms with van der Waals surface area (Å²) in [7, 11) is 0. The Balaban J connectivity index is 1.47. The van der Waals surface area contributed by atoms with Crippen LogP contribution in [0, 0.1) is 5.92 Å². The number of alkyl halides is 1. The molecule has 1 aromatic carbocycles. The molecule has 0 unspecified atom stereocenters. The standard InChI is InChI=1S/C20H29ClIN2O3/c1-20(2,3)27-19(25)23-22-17-8-9-24(12-17)11-15-10-16(21)6-7-18(15)26-13-14-4-5-14/h6-7,10,14,17H,4-5,8-9,11-13H2,1-3H3,(H,23,25)/q-1/t17-/m1/s1. The molecule has 1 saturated carbocycles. The Hall–Kier alpha value is -0.730. The van der Waals surface area contributed by atoms with E-state index >= 15 is 0 Å². The molecule has 1 heterocycles. The van der Waals surface area contributed by atoms with Crippen LogP contribution in [0.15, 0.2) is 18.2 Å². The van der Waals surface area contributed by atoms with Crippen molar-refractivity contribution >= 4 is 17.7 Å². The Kier molecular flexibility index (Phi) is 7.14. The molecule has 5 nitrogen and oxygen atoms in total. The third kappa shape index (κ3) is 7.31. The van der Waals surface area contributed by atoms with Gasteiger partial charge in [-0.1, -0.05) is 0 Å². The molecule has 152 valence electrons. The topological polar surface area (TPSA) is 50.8 Å². The molecule has 1 N–H and O–H groups in total. The molecule has 0 spiro atoms. The van der Waals surface area contributed by atoms with Crippen LogP contribution in [-0.2, 0) is 11.3 Å². The van der Waals surface area contributed by atoms with Crippen molar-refractivity contribution in [1.82, 2.24) is 8.43 Å². The molecular weight excluding hydrogens is 479 g/mol. The van der Waals surface area contributed by atoms with E-state index in [-0.39, 0.29) is 6.09 Å². The summed E-state index contributed by atoms with van der Waals surface area (Å²) in [4.78, 5) is 14.3. The fourth-order valence-corrected chi connectivity index (χ4v) is 5.33. The predicted octanol–water partition coefficient (Wildman–Crippen LogP) is 1.23. The van der Waals surface area contributed by atoms with Crippen molar-refractivity contribution in [2.75, 3.05) is 19.7 Å². The molecule has 3 rings (SSSR count). The van der Waals surface area contributed by atoms with E-state index in [4.69, 9.17) is 21.1 Å². The van der Waals surface area contributed by atoms with Crippen LogP contribution in [0.3, 0.4) is 0 Å². The fourth-order valence-electron chi connectivity index (χ4n) is 2.98. The molecule has 0 bridgehead atoms. The van der Waals surface area contributed by atoms with Crippen LogP contribution in [0.25, 0.3) is 0 Å². The number of nitrogens with zero attached hydrogens (tertiary/aromatic N) is 1. The number of carbonyl (C=O) groups is 1. The molecule has 2 fully saturated rings. The molecule has 1 atom stereocenters. The first kappa shape index (κ1) is 21.0. The van der Waals surface area contributed by atoms with E-state index in [9.17, 15) is 4.79 Å². The van der Waals surface area contributed by atoms with Gasteiger partial charge in [-0.05, 0) is 0 Å². The van der Waals surface area contributed by atoms with Gasteiger partial charge in [-0.15, -0.1) is 0 Å². The van der Waals surface area contributed by atoms with Crippen molar-refractivity contribution in [2.24, 2.45) is 5.92 Å². The van der Waals surface area contributed by atoms with E-state index in [0.717, 1.165) is 54.9 Å². The van der Waals surface area contributed by atoms with Crippen molar-refractivity contribution < 1.29 is 35.7 Å². The quantitative estimate of drug-likeness (QED) is 0.343. The fraction of sp³-hybridized carbons (Fsp3) is 0.650. The number of amides is 1. The second-order valence-electron chi connectivity index (χ2n) is 8.33. The Labute approximate surface area is 177 Å². The number of halogens is 2. The second kappa shape index (κ2) is 9.18. The number of carbonyl (C=O) groups excluding carboxylic acids is 1. The second-order valence-corrected chi connectivity index (χ2v) is 11.7. The van der Waals surface area contributed by atoms with Gasteiger partial charge in [0.05, 0.1) is 0 Å². The van der Waals surface area contributed by atoms with Crippen LogP contribution in [0.4, 0.5) is 4.79 Å². The maximum atomic E-state index is 11.9. The van der Waals surface area contributed by atoms with E-state index in [2.05, 4.69) is 8.43 Å². The van der Waals surface area contributed by atoms with Crippen LogP contribution in [0.1, 0.15) is 45.6 Å². The average molecular weight is 508 g/mol. The van der Waals surface area contributed by atoms with Crippen LogP contribution in [0.5, 0.6) is 5.75 Å². The van der Waals surface area contributed by atoms with Gasteiger partial charge in [0, 0.05) is 0 Å². The van der Waals surface area contributed by atoms with Crippen LogP contribution < -0.4 is 29.7 Å². The first-order valence-electron chi connectivity index (χ1n) is 9.53. The molecule has 1 aromatic rings. The van der Waals surface area contributed by atoms with E-state index in [1.165, 1.54) is 12.8 Å². The predicted molar refractivity (Wildman–Crippen MR) is 103 cm³/mol. The summed E-state index contributed by atoms with van der Waals surface area (Å²) in [6.07, 6.45) is 3.39. The number of ether oxygens (including phenoxy) is 2. The van der Waals surface area contributed by atoms with Gasteiger partial charge in [-0.3, -0.25) is 0 Å². The molecule has 1 saturated heterocycles. The van der Waals surface area contributed by atoms with Gasteiger partial charge in [0.1, 0.15) is 0 Å². The first-order chi connectivity index (χ1) is 12.8. The number of hydrogen-bond acceptors (Lipinski definition) is 4. The van der Waals surface area contributed by atoms with Crippen molar-refractivity contribution in [2.45, 2.75) is 56.1 Å². The van der Waals surface area contributed by atoms with Crippen molar-refractivity contribution in [3.8, 4) is 5.75 Å². The van der Waals surface area contributed by atoms with Crippen LogP contribution >= 0.6 is 11.6 Å². The zero-order chi connectivity index (χ0) is 19.4. The Bertz CT molecular complexity index is 661. The summed E-state index contributed by atoms with van der Waals surface area (Å²) < 4.78 is 14.9. The van der Waals surface area contributed by atoms with Gasteiger partial charge in [0.25, 0.3) is 0 Å². The number of benzene rings is 1. The van der Waals surface area contributed by atoms with Gasteiger partial charge >= 0.3 is 178 Å². The van der Waals surface area contributed by atoms with Crippen molar-refractivity contribution in [3.05, 3.63) is 28.8 Å². The van der Waals surface area contributed by atoms with Crippen molar-refractivity contribution in [1.29, 1.82) is 0 Å². The summed E-state index contributed by atoms with van der Waals surface area (Å²) >= 11 is 5.79. The molecule has 0 radical (unpaired) electrons. The first-order valence-corrected chi connectivity index (χ1v) is 12.2. The Morgan fingerprint density at radius 3 is 2.81 bits per heavy atom. The molecule has 1 amide bonds. The minimum atomic E-state index is -0.445. The summed E-state index contributed by atoms with van der Waals surface area (Å²) in [5.74, 6) is 1.68. The molecule has 27 heavy (non-hydrogen) atoms. The zero-order valence-corrected chi connectivity index (χ0v) is 19.2. The van der Waals surface area contributed by atoms with E-state index in [1.54, 1.807) is 0 Å². The summed E-state index contributed by atoms with van der Waals surface area (Å²) in [5, 5.41) is 0.749. The van der Waals surface area contributed by atoms with Gasteiger partial charge in [0.2, 0.25) is 0 Å². The van der Waals surface area contributed by atoms with Crippen LogP contribution in [0.2, 0.25) is 5.02 Å². The molecule has 1 aliphatic carbocycles. The molecule has 1 aliphatic heterocycles. The number of likely N-dealkylation sites (tertiary alicyclic amines) is 1. The van der Waals surface area contributed by atoms with Crippen molar-refractivity contribution in [3.63, 3.8) is 0 Å². The van der Waals surface area contributed by atoms with E-state index in [1.807, 2.05) is 39.0 Å². The number of nitrogens with one attached hydrogen (secondary N) is 1. The Morgan fingerprint density at radius 1 is 1.33 bits per heavy atom. The van der Waals surface area contributed by atoms with E-state index < -0.39 is 27.1 Å². The molecule has 2 aliphatic rings. The molecular formula is C20H29ClIN2O3-. The average Bonchev–Trinajstić information content (AvgIpc) is 3.29. The number of rotatable bonds is 7.